The summed E-state index contributed by atoms with van der Waals surface area (Å²) in [4.78, 5) is 47.3. The molecule has 1 aromatic carbocycles. The molecule has 0 bridgehead atoms. The molecule has 1 fully saturated rings. The van der Waals surface area contributed by atoms with Crippen molar-refractivity contribution in [1.82, 2.24) is 24.4 Å². The second-order valence-electron chi connectivity index (χ2n) is 8.26. The van der Waals surface area contributed by atoms with Gasteiger partial charge >= 0.3 is 5.69 Å². The van der Waals surface area contributed by atoms with Crippen molar-refractivity contribution < 1.29 is 4.79 Å². The number of aromatic nitrogens is 4. The van der Waals surface area contributed by atoms with Crippen LogP contribution in [-0.4, -0.2) is 36.8 Å². The lowest BCUT2D eigenvalue weighted by Crippen LogP contribution is -2.38. The zero-order chi connectivity index (χ0) is 22.8. The monoisotopic (exact) mass is 453 g/mol. The number of amides is 1. The number of thioether (sulfide) groups is 1. The van der Waals surface area contributed by atoms with Crippen LogP contribution in [0.15, 0.2) is 38.9 Å². The predicted octanol–water partition coefficient (Wildman–Crippen LogP) is 2.54. The Kier molecular flexibility index (Phi) is 6.45. The molecule has 168 valence electrons. The van der Waals surface area contributed by atoms with Gasteiger partial charge in [-0.2, -0.15) is 0 Å². The number of nitrogens with one attached hydrogen (secondary N) is 1. The van der Waals surface area contributed by atoms with Crippen LogP contribution in [0.4, 0.5) is 0 Å². The van der Waals surface area contributed by atoms with Crippen LogP contribution in [0, 0.1) is 6.92 Å². The fourth-order valence-electron chi connectivity index (χ4n) is 4.13. The highest BCUT2D eigenvalue weighted by Gasteiger charge is 2.21. The first-order valence-corrected chi connectivity index (χ1v) is 11.8. The van der Waals surface area contributed by atoms with E-state index in [1.54, 1.807) is 7.05 Å². The number of nitrogens with zero attached hydrogens (tertiary/aromatic N) is 4. The van der Waals surface area contributed by atoms with Crippen LogP contribution in [-0.2, 0) is 18.9 Å². The van der Waals surface area contributed by atoms with E-state index >= 15 is 0 Å². The van der Waals surface area contributed by atoms with Gasteiger partial charge in [0, 0.05) is 25.7 Å². The first kappa shape index (κ1) is 22.3. The van der Waals surface area contributed by atoms with Crippen molar-refractivity contribution >= 4 is 28.7 Å². The van der Waals surface area contributed by atoms with Crippen LogP contribution < -0.4 is 16.6 Å². The Balaban J connectivity index is 1.75. The van der Waals surface area contributed by atoms with Gasteiger partial charge in [0.1, 0.15) is 10.4 Å². The zero-order valence-corrected chi connectivity index (χ0v) is 19.4. The van der Waals surface area contributed by atoms with Gasteiger partial charge in [0.25, 0.3) is 5.56 Å². The Bertz CT molecular complexity index is 1290. The molecule has 8 nitrogen and oxygen atoms in total. The Morgan fingerprint density at radius 3 is 2.53 bits per heavy atom. The summed E-state index contributed by atoms with van der Waals surface area (Å²) in [6.07, 6.45) is 5.51. The number of carbonyl (C=O) groups is 1. The molecular formula is C23H27N5O3S. The van der Waals surface area contributed by atoms with Crippen molar-refractivity contribution in [3.8, 4) is 11.4 Å². The quantitative estimate of drug-likeness (QED) is 0.471. The maximum absolute atomic E-state index is 13.0. The van der Waals surface area contributed by atoms with Gasteiger partial charge in [-0.25, -0.2) is 14.8 Å². The number of carbonyl (C=O) groups excluding carboxylic acids is 1. The number of hydrogen-bond acceptors (Lipinski definition) is 6. The average molecular weight is 454 g/mol. The summed E-state index contributed by atoms with van der Waals surface area (Å²) in [6.45, 7) is 1.95. The summed E-state index contributed by atoms with van der Waals surface area (Å²) in [6, 6.07) is 7.89. The zero-order valence-electron chi connectivity index (χ0n) is 18.6. The highest BCUT2D eigenvalue weighted by molar-refractivity contribution is 8.00. The molecule has 9 heteroatoms. The van der Waals surface area contributed by atoms with Crippen molar-refractivity contribution in [2.24, 2.45) is 14.1 Å². The minimum absolute atomic E-state index is 0.0762. The molecule has 0 unspecified atom stereocenters. The molecule has 0 atom stereocenters. The van der Waals surface area contributed by atoms with Gasteiger partial charge in [0.05, 0.1) is 5.75 Å². The Labute approximate surface area is 190 Å². The van der Waals surface area contributed by atoms with E-state index in [0.29, 0.717) is 10.9 Å². The molecule has 0 saturated heterocycles. The molecule has 1 aliphatic rings. The largest absolute Gasteiger partial charge is 0.353 e. The summed E-state index contributed by atoms with van der Waals surface area (Å²) in [5.74, 6) is 0.490. The lowest BCUT2D eigenvalue weighted by atomic mass is 9.95. The fourth-order valence-corrected chi connectivity index (χ4v) is 4.95. The Morgan fingerprint density at radius 1 is 1.09 bits per heavy atom. The molecule has 4 rings (SSSR count). The van der Waals surface area contributed by atoms with Crippen LogP contribution in [0.5, 0.6) is 0 Å². The van der Waals surface area contributed by atoms with E-state index in [4.69, 9.17) is 0 Å². The molecule has 1 N–H and O–H groups in total. The minimum atomic E-state index is -0.463. The Hall–Kier alpha value is -2.94. The van der Waals surface area contributed by atoms with Gasteiger partial charge in [0.2, 0.25) is 5.91 Å². The normalized spacial score (nSPS) is 14.6. The summed E-state index contributed by atoms with van der Waals surface area (Å²) >= 11 is 1.21. The van der Waals surface area contributed by atoms with Crippen molar-refractivity contribution in [2.45, 2.75) is 50.1 Å². The molecule has 0 spiro atoms. The lowest BCUT2D eigenvalue weighted by molar-refractivity contribution is -0.119. The fraction of sp³-hybridized carbons (Fsp3) is 0.435. The third kappa shape index (κ3) is 4.34. The summed E-state index contributed by atoms with van der Waals surface area (Å²) in [5.41, 5.74) is 1.14. The molecule has 32 heavy (non-hydrogen) atoms. The number of benzene rings is 1. The van der Waals surface area contributed by atoms with E-state index in [1.165, 1.54) is 29.8 Å². The summed E-state index contributed by atoms with van der Waals surface area (Å²) in [7, 11) is 3.02. The topological polar surface area (TPSA) is 98.9 Å². The highest BCUT2D eigenvalue weighted by atomic mass is 32.2. The average Bonchev–Trinajstić information content (AvgIpc) is 2.80. The SMILES string of the molecule is Cc1ccccc1-c1nc(SCC(=O)NC2CCCCC2)c2c(=O)n(C)c(=O)n(C)c2n1. The standard InChI is InChI=1S/C23H27N5O3S/c1-14-9-7-8-12-16(14)19-25-20-18(22(30)28(3)23(31)27(20)2)21(26-19)32-13-17(29)24-15-10-5-4-6-11-15/h7-9,12,15H,4-6,10-11,13H2,1-3H3,(H,24,29). The summed E-state index contributed by atoms with van der Waals surface area (Å²) < 4.78 is 2.40. The lowest BCUT2D eigenvalue weighted by Gasteiger charge is -2.22. The van der Waals surface area contributed by atoms with Crippen LogP contribution in [0.1, 0.15) is 37.7 Å². The van der Waals surface area contributed by atoms with Crippen LogP contribution >= 0.6 is 11.8 Å². The van der Waals surface area contributed by atoms with Crippen LogP contribution in [0.2, 0.25) is 0 Å². The number of rotatable bonds is 5. The molecule has 1 amide bonds. The molecule has 3 aromatic rings. The second-order valence-corrected chi connectivity index (χ2v) is 9.23. The highest BCUT2D eigenvalue weighted by Crippen LogP contribution is 2.27. The molecule has 0 aliphatic heterocycles. The minimum Gasteiger partial charge on any atom is -0.353 e. The van der Waals surface area contributed by atoms with Crippen molar-refractivity contribution in [1.29, 1.82) is 0 Å². The second kappa shape index (κ2) is 9.28. The van der Waals surface area contributed by atoms with Crippen molar-refractivity contribution in [2.75, 3.05) is 5.75 Å². The molecule has 1 saturated carbocycles. The van der Waals surface area contributed by atoms with E-state index in [-0.39, 0.29) is 28.7 Å². The molecule has 2 aromatic heterocycles. The van der Waals surface area contributed by atoms with E-state index < -0.39 is 11.2 Å². The van der Waals surface area contributed by atoms with Gasteiger partial charge in [-0.3, -0.25) is 18.7 Å². The maximum Gasteiger partial charge on any atom is 0.332 e. The van der Waals surface area contributed by atoms with E-state index in [9.17, 15) is 14.4 Å². The van der Waals surface area contributed by atoms with Gasteiger partial charge in [0.15, 0.2) is 11.5 Å². The van der Waals surface area contributed by atoms with Gasteiger partial charge in [-0.1, -0.05) is 55.3 Å². The number of aryl methyl sites for hydroxylation is 2. The van der Waals surface area contributed by atoms with Crippen LogP contribution in [0.25, 0.3) is 22.4 Å². The first-order chi connectivity index (χ1) is 15.4. The third-order valence-electron chi connectivity index (χ3n) is 5.96. The third-order valence-corrected chi connectivity index (χ3v) is 6.94. The van der Waals surface area contributed by atoms with E-state index in [1.807, 2.05) is 31.2 Å². The van der Waals surface area contributed by atoms with E-state index in [2.05, 4.69) is 15.3 Å². The smallest absolute Gasteiger partial charge is 0.332 e. The molecule has 1 aliphatic carbocycles. The molecule has 2 heterocycles. The summed E-state index contributed by atoms with van der Waals surface area (Å²) in [5, 5.41) is 3.76. The first-order valence-electron chi connectivity index (χ1n) is 10.8. The predicted molar refractivity (Wildman–Crippen MR) is 126 cm³/mol. The van der Waals surface area contributed by atoms with Gasteiger partial charge < -0.3 is 5.32 Å². The molecular weight excluding hydrogens is 426 g/mol. The van der Waals surface area contributed by atoms with Crippen molar-refractivity contribution in [3.63, 3.8) is 0 Å². The van der Waals surface area contributed by atoms with Crippen molar-refractivity contribution in [3.05, 3.63) is 50.7 Å². The number of fused-ring (bicyclic) bond motifs is 1. The molecule has 0 radical (unpaired) electrons. The van der Waals surface area contributed by atoms with Crippen LogP contribution in [0.3, 0.4) is 0 Å². The maximum atomic E-state index is 13.0. The number of hydrogen-bond donors (Lipinski definition) is 1. The Morgan fingerprint density at radius 2 is 1.81 bits per heavy atom. The van der Waals surface area contributed by atoms with Gasteiger partial charge in [-0.05, 0) is 25.3 Å². The van der Waals surface area contributed by atoms with Gasteiger partial charge in [-0.15, -0.1) is 0 Å². The van der Waals surface area contributed by atoms with E-state index in [0.717, 1.165) is 41.4 Å².